The summed E-state index contributed by atoms with van der Waals surface area (Å²) in [5.74, 6) is 1.57. The molecule has 3 N–H and O–H groups in total. The summed E-state index contributed by atoms with van der Waals surface area (Å²) in [6, 6.07) is 3.64. The molecule has 0 aromatic heterocycles. The van der Waals surface area contributed by atoms with Crippen LogP contribution in [-0.2, 0) is 11.2 Å². The summed E-state index contributed by atoms with van der Waals surface area (Å²) in [6.45, 7) is 9.18. The molecule has 1 aromatic carbocycles. The summed E-state index contributed by atoms with van der Waals surface area (Å²) >= 11 is 0. The molecule has 11 atom stereocenters. The maximum Gasteiger partial charge on any atom is 0.227 e. The van der Waals surface area contributed by atoms with Crippen molar-refractivity contribution in [1.82, 2.24) is 0 Å². The molecule has 39 heavy (non-hydrogen) atoms. The normalized spacial score (nSPS) is 43.8. The Kier molecular flexibility index (Phi) is 6.95. The Morgan fingerprint density at radius 1 is 1.10 bits per heavy atom. The number of halogens is 1. The van der Waals surface area contributed by atoms with Crippen LogP contribution in [0.2, 0.25) is 0 Å². The average Bonchev–Trinajstić information content (AvgIpc) is 3.49. The zero-order valence-corrected chi connectivity index (χ0v) is 24.2. The molecule has 0 unspecified atom stereocenters. The third-order valence-electron chi connectivity index (χ3n) is 12.9. The Bertz CT molecular complexity index is 1130. The van der Waals surface area contributed by atoms with Gasteiger partial charge < -0.3 is 20.2 Å². The first-order valence-electron chi connectivity index (χ1n) is 15.6. The second-order valence-electron chi connectivity index (χ2n) is 14.5. The van der Waals surface area contributed by atoms with Crippen molar-refractivity contribution in [3.63, 3.8) is 0 Å². The molecule has 4 fully saturated rings. The highest BCUT2D eigenvalue weighted by Gasteiger charge is 2.65. The van der Waals surface area contributed by atoms with Gasteiger partial charge in [-0.1, -0.05) is 26.8 Å². The first-order chi connectivity index (χ1) is 18.5. The monoisotopic (exact) mass is 541 g/mol. The van der Waals surface area contributed by atoms with E-state index in [1.165, 1.54) is 0 Å². The second-order valence-corrected chi connectivity index (χ2v) is 14.5. The fraction of sp³-hybridized carbons (Fsp3) is 0.788. The molecule has 6 rings (SSSR count). The molecule has 5 nitrogen and oxygen atoms in total. The first kappa shape index (κ1) is 27.7. The SMILES string of the molecule is Cc1ccc2c(c1F)CCN2C(=O)CC[C@@H](C)[C@H]1CC[C@H]2[C@@H]3[C@H](O)C[C@@H]4C[C@H](O)CC[C@]4(C)[C@H]3C[C@H](O)[C@]12C. The number of hydrogen-bond acceptors (Lipinski definition) is 4. The predicted octanol–water partition coefficient (Wildman–Crippen LogP) is 5.40. The highest BCUT2D eigenvalue weighted by molar-refractivity contribution is 5.95. The van der Waals surface area contributed by atoms with E-state index >= 15 is 0 Å². The van der Waals surface area contributed by atoms with E-state index in [9.17, 15) is 24.5 Å². The molecule has 0 radical (unpaired) electrons. The van der Waals surface area contributed by atoms with Crippen molar-refractivity contribution in [2.75, 3.05) is 11.4 Å². The average molecular weight is 542 g/mol. The maximum atomic E-state index is 14.6. The van der Waals surface area contributed by atoms with Gasteiger partial charge in [0.25, 0.3) is 0 Å². The van der Waals surface area contributed by atoms with Gasteiger partial charge in [0.15, 0.2) is 0 Å². The number of carbonyl (C=O) groups is 1. The molecule has 1 amide bonds. The second kappa shape index (κ2) is 9.80. The molecule has 4 saturated carbocycles. The van der Waals surface area contributed by atoms with Gasteiger partial charge in [-0.05, 0) is 123 Å². The number of amides is 1. The van der Waals surface area contributed by atoms with Crippen LogP contribution in [0.15, 0.2) is 12.1 Å². The molecule has 5 aliphatic rings. The van der Waals surface area contributed by atoms with Crippen LogP contribution in [0, 0.1) is 59.1 Å². The summed E-state index contributed by atoms with van der Waals surface area (Å²) in [7, 11) is 0. The third kappa shape index (κ3) is 4.14. The van der Waals surface area contributed by atoms with E-state index in [1.54, 1.807) is 17.9 Å². The molecule has 0 saturated heterocycles. The lowest BCUT2D eigenvalue weighted by Crippen LogP contribution is -2.62. The van der Waals surface area contributed by atoms with E-state index in [0.717, 1.165) is 57.1 Å². The fourth-order valence-corrected chi connectivity index (χ4v) is 10.6. The fourth-order valence-electron chi connectivity index (χ4n) is 10.6. The number of nitrogens with zero attached hydrogens (tertiary/aromatic N) is 1. The summed E-state index contributed by atoms with van der Waals surface area (Å²) in [5, 5.41) is 33.6. The number of hydrogen-bond donors (Lipinski definition) is 3. The number of aryl methyl sites for hydroxylation is 1. The summed E-state index contributed by atoms with van der Waals surface area (Å²) in [4.78, 5) is 15.0. The lowest BCUT2D eigenvalue weighted by Gasteiger charge is -2.63. The Labute approximate surface area is 233 Å². The largest absolute Gasteiger partial charge is 0.393 e. The quantitative estimate of drug-likeness (QED) is 0.477. The van der Waals surface area contributed by atoms with Crippen LogP contribution < -0.4 is 4.90 Å². The predicted molar refractivity (Wildman–Crippen MR) is 150 cm³/mol. The number of aliphatic hydroxyl groups excluding tert-OH is 3. The minimum Gasteiger partial charge on any atom is -0.393 e. The smallest absolute Gasteiger partial charge is 0.227 e. The van der Waals surface area contributed by atoms with Crippen molar-refractivity contribution in [2.45, 2.75) is 110 Å². The van der Waals surface area contributed by atoms with E-state index < -0.39 is 6.10 Å². The van der Waals surface area contributed by atoms with Crippen LogP contribution in [-0.4, -0.2) is 46.1 Å². The van der Waals surface area contributed by atoms with E-state index in [0.29, 0.717) is 48.3 Å². The zero-order valence-electron chi connectivity index (χ0n) is 24.2. The van der Waals surface area contributed by atoms with Crippen LogP contribution in [0.5, 0.6) is 0 Å². The third-order valence-corrected chi connectivity index (χ3v) is 12.9. The van der Waals surface area contributed by atoms with Gasteiger partial charge in [0.1, 0.15) is 5.82 Å². The molecular weight excluding hydrogens is 493 g/mol. The molecule has 1 heterocycles. The van der Waals surface area contributed by atoms with Gasteiger partial charge in [-0.3, -0.25) is 4.79 Å². The lowest BCUT2D eigenvalue weighted by atomic mass is 9.43. The topological polar surface area (TPSA) is 81.0 Å². The van der Waals surface area contributed by atoms with Crippen molar-refractivity contribution in [3.8, 4) is 0 Å². The Balaban J connectivity index is 1.16. The van der Waals surface area contributed by atoms with Crippen LogP contribution in [0.25, 0.3) is 0 Å². The van der Waals surface area contributed by atoms with Crippen molar-refractivity contribution in [2.24, 2.45) is 46.3 Å². The minimum absolute atomic E-state index is 0.0639. The van der Waals surface area contributed by atoms with Gasteiger partial charge in [-0.15, -0.1) is 0 Å². The van der Waals surface area contributed by atoms with Gasteiger partial charge in [0.2, 0.25) is 5.91 Å². The van der Waals surface area contributed by atoms with Gasteiger partial charge in [-0.25, -0.2) is 4.39 Å². The van der Waals surface area contributed by atoms with Crippen molar-refractivity contribution in [3.05, 3.63) is 29.1 Å². The molecular formula is C33H48FNO4. The molecule has 1 aliphatic heterocycles. The number of benzene rings is 1. The van der Waals surface area contributed by atoms with Gasteiger partial charge in [-0.2, -0.15) is 0 Å². The van der Waals surface area contributed by atoms with E-state index in [1.807, 2.05) is 6.07 Å². The van der Waals surface area contributed by atoms with Crippen LogP contribution in [0.3, 0.4) is 0 Å². The van der Waals surface area contributed by atoms with Crippen molar-refractivity contribution >= 4 is 11.6 Å². The molecule has 1 aromatic rings. The Hall–Kier alpha value is -1.50. The van der Waals surface area contributed by atoms with E-state index in [-0.39, 0.29) is 52.5 Å². The lowest BCUT2D eigenvalue weighted by molar-refractivity contribution is -0.207. The highest BCUT2D eigenvalue weighted by Crippen LogP contribution is 2.68. The van der Waals surface area contributed by atoms with Crippen molar-refractivity contribution < 1.29 is 24.5 Å². The molecule has 0 bridgehead atoms. The number of anilines is 1. The summed E-state index contributed by atoms with van der Waals surface area (Å²) < 4.78 is 14.6. The van der Waals surface area contributed by atoms with E-state index in [2.05, 4.69) is 20.8 Å². The minimum atomic E-state index is -0.416. The number of fused-ring (bicyclic) bond motifs is 6. The summed E-state index contributed by atoms with van der Waals surface area (Å²) in [5.41, 5.74) is 1.83. The van der Waals surface area contributed by atoms with E-state index in [4.69, 9.17) is 0 Å². The van der Waals surface area contributed by atoms with Gasteiger partial charge in [0.05, 0.1) is 18.3 Å². The molecule has 0 spiro atoms. The highest BCUT2D eigenvalue weighted by atomic mass is 19.1. The van der Waals surface area contributed by atoms with Crippen LogP contribution in [0.4, 0.5) is 10.1 Å². The summed E-state index contributed by atoms with van der Waals surface area (Å²) in [6.07, 6.45) is 6.84. The number of rotatable bonds is 4. The maximum absolute atomic E-state index is 14.6. The zero-order chi connectivity index (χ0) is 27.9. The molecule has 216 valence electrons. The van der Waals surface area contributed by atoms with Crippen molar-refractivity contribution in [1.29, 1.82) is 0 Å². The van der Waals surface area contributed by atoms with Crippen LogP contribution >= 0.6 is 0 Å². The number of carbonyl (C=O) groups excluding carboxylic acids is 1. The number of aliphatic hydroxyl groups is 3. The van der Waals surface area contributed by atoms with Gasteiger partial charge >= 0.3 is 0 Å². The first-order valence-corrected chi connectivity index (χ1v) is 15.6. The molecule has 6 heteroatoms. The molecule has 4 aliphatic carbocycles. The standard InChI is InChI=1S/C33H48FNO4/c1-18(6-10-29(39)35-14-12-22-26(35)9-5-19(2)31(22)34)23-7-8-24-30-25(17-28(38)33(23,24)4)32(3)13-11-21(36)15-20(32)16-27(30)37/h5,9,18,20-21,23-25,27-28,30,36-38H,6-8,10-17H2,1-4H3/t18-,20+,21-,23-,24+,25+,27-,28+,30+,32+,33-/m1/s1. The van der Waals surface area contributed by atoms with Crippen LogP contribution in [0.1, 0.15) is 89.7 Å². The van der Waals surface area contributed by atoms with Gasteiger partial charge in [0, 0.05) is 24.2 Å². The Morgan fingerprint density at radius 3 is 2.64 bits per heavy atom. The Morgan fingerprint density at radius 2 is 1.87 bits per heavy atom.